The van der Waals surface area contributed by atoms with E-state index in [1.165, 1.54) is 17.1 Å². The van der Waals surface area contributed by atoms with Gasteiger partial charge in [-0.1, -0.05) is 18.2 Å². The summed E-state index contributed by atoms with van der Waals surface area (Å²) < 4.78 is 10.9. The molecule has 2 aromatic rings. The summed E-state index contributed by atoms with van der Waals surface area (Å²) >= 11 is 0. The summed E-state index contributed by atoms with van der Waals surface area (Å²) in [5.74, 6) is 1.49. The minimum atomic E-state index is -0.285. The second kappa shape index (κ2) is 6.36. The van der Waals surface area contributed by atoms with Gasteiger partial charge >= 0.3 is 0 Å². The zero-order chi connectivity index (χ0) is 16.2. The highest BCUT2D eigenvalue weighted by Gasteiger charge is 2.23. The summed E-state index contributed by atoms with van der Waals surface area (Å²) in [6.07, 6.45) is 2.56. The first-order chi connectivity index (χ1) is 11.2. The molecule has 0 saturated heterocycles. The van der Waals surface area contributed by atoms with Crippen molar-refractivity contribution in [1.82, 2.24) is 4.90 Å². The number of nitrogens with zero attached hydrogens (tertiary/aromatic N) is 1. The Kier molecular flexibility index (Phi) is 4.10. The lowest BCUT2D eigenvalue weighted by Gasteiger charge is -2.14. The molecule has 1 heterocycles. The molecule has 23 heavy (non-hydrogen) atoms. The molecule has 0 fully saturated rings. The van der Waals surface area contributed by atoms with Crippen molar-refractivity contribution < 1.29 is 19.1 Å². The molecule has 5 heteroatoms. The molecule has 0 spiro atoms. The average molecular weight is 309 g/mol. The first-order valence-electron chi connectivity index (χ1n) is 7.10. The molecule has 3 rings (SSSR count). The Morgan fingerprint density at radius 2 is 1.52 bits per heavy atom. The number of ether oxygens (including phenoxy) is 2. The fraction of sp³-hybridized carbons (Fsp3) is 0.111. The number of carbonyl (C=O) groups is 2. The normalized spacial score (nSPS) is 13.5. The number of hydrogen-bond donors (Lipinski definition) is 0. The maximum absolute atomic E-state index is 11.5. The van der Waals surface area contributed by atoms with Gasteiger partial charge in [0.15, 0.2) is 0 Å². The Bertz CT molecular complexity index is 747. The fourth-order valence-electron chi connectivity index (χ4n) is 2.23. The molecule has 0 saturated carbocycles. The smallest absolute Gasteiger partial charge is 0.253 e. The van der Waals surface area contributed by atoms with E-state index in [0.717, 1.165) is 11.3 Å². The van der Waals surface area contributed by atoms with E-state index >= 15 is 0 Å². The van der Waals surface area contributed by atoms with Crippen molar-refractivity contribution in [3.8, 4) is 17.2 Å². The SMILES string of the molecule is COc1cccc(Oc2ccc(CN3C(=O)C=CC3=O)cc2)c1. The highest BCUT2D eigenvalue weighted by Crippen LogP contribution is 2.25. The van der Waals surface area contributed by atoms with E-state index in [4.69, 9.17) is 9.47 Å². The first kappa shape index (κ1) is 14.8. The van der Waals surface area contributed by atoms with Gasteiger partial charge in [-0.25, -0.2) is 0 Å². The second-order valence-corrected chi connectivity index (χ2v) is 5.02. The van der Waals surface area contributed by atoms with Crippen LogP contribution in [0.1, 0.15) is 5.56 Å². The fourth-order valence-corrected chi connectivity index (χ4v) is 2.23. The highest BCUT2D eigenvalue weighted by molar-refractivity contribution is 6.12. The van der Waals surface area contributed by atoms with Crippen LogP contribution in [-0.2, 0) is 16.1 Å². The maximum atomic E-state index is 11.5. The van der Waals surface area contributed by atoms with Gasteiger partial charge in [-0.15, -0.1) is 0 Å². The third kappa shape index (κ3) is 3.40. The van der Waals surface area contributed by atoms with Gasteiger partial charge in [0.25, 0.3) is 11.8 Å². The predicted molar refractivity (Wildman–Crippen MR) is 84.2 cm³/mol. The Hall–Kier alpha value is -3.08. The minimum Gasteiger partial charge on any atom is -0.497 e. The Labute approximate surface area is 133 Å². The first-order valence-corrected chi connectivity index (χ1v) is 7.10. The van der Waals surface area contributed by atoms with E-state index in [1.807, 2.05) is 30.3 Å². The van der Waals surface area contributed by atoms with Crippen LogP contribution in [0.3, 0.4) is 0 Å². The molecule has 2 amide bonds. The third-order valence-electron chi connectivity index (χ3n) is 3.44. The Balaban J connectivity index is 1.67. The number of hydrogen-bond acceptors (Lipinski definition) is 4. The number of carbonyl (C=O) groups excluding carboxylic acids is 2. The maximum Gasteiger partial charge on any atom is 0.253 e. The van der Waals surface area contributed by atoms with Gasteiger partial charge in [0.2, 0.25) is 0 Å². The van der Waals surface area contributed by atoms with Crippen molar-refractivity contribution in [3.05, 3.63) is 66.2 Å². The molecular weight excluding hydrogens is 294 g/mol. The molecule has 0 radical (unpaired) electrons. The van der Waals surface area contributed by atoms with Crippen LogP contribution in [0.4, 0.5) is 0 Å². The van der Waals surface area contributed by atoms with Gasteiger partial charge in [-0.05, 0) is 29.8 Å². The topological polar surface area (TPSA) is 55.8 Å². The minimum absolute atomic E-state index is 0.254. The molecule has 0 atom stereocenters. The van der Waals surface area contributed by atoms with Crippen LogP contribution in [0.25, 0.3) is 0 Å². The van der Waals surface area contributed by atoms with Crippen molar-refractivity contribution in [2.45, 2.75) is 6.54 Å². The number of imide groups is 1. The van der Waals surface area contributed by atoms with E-state index in [0.29, 0.717) is 11.5 Å². The third-order valence-corrected chi connectivity index (χ3v) is 3.44. The second-order valence-electron chi connectivity index (χ2n) is 5.02. The van der Waals surface area contributed by atoms with E-state index in [-0.39, 0.29) is 18.4 Å². The molecule has 0 bridgehead atoms. The van der Waals surface area contributed by atoms with Crippen LogP contribution < -0.4 is 9.47 Å². The molecule has 0 aromatic heterocycles. The van der Waals surface area contributed by atoms with Gasteiger partial charge in [-0.3, -0.25) is 14.5 Å². The van der Waals surface area contributed by atoms with Gasteiger partial charge in [0, 0.05) is 18.2 Å². The summed E-state index contributed by atoms with van der Waals surface area (Å²) in [5.41, 5.74) is 0.855. The van der Waals surface area contributed by atoms with E-state index in [9.17, 15) is 9.59 Å². The lowest BCUT2D eigenvalue weighted by Crippen LogP contribution is -2.29. The van der Waals surface area contributed by atoms with Crippen LogP contribution in [0.15, 0.2) is 60.7 Å². The standard InChI is InChI=1S/C18H15NO4/c1-22-15-3-2-4-16(11-15)23-14-7-5-13(6-8-14)12-19-17(20)9-10-18(19)21/h2-11H,12H2,1H3. The highest BCUT2D eigenvalue weighted by atomic mass is 16.5. The number of amides is 2. The molecule has 0 N–H and O–H groups in total. The van der Waals surface area contributed by atoms with Crippen molar-refractivity contribution >= 4 is 11.8 Å². The van der Waals surface area contributed by atoms with Crippen molar-refractivity contribution in [1.29, 1.82) is 0 Å². The lowest BCUT2D eigenvalue weighted by molar-refractivity contribution is -0.137. The molecule has 1 aliphatic heterocycles. The number of benzene rings is 2. The molecule has 116 valence electrons. The van der Waals surface area contributed by atoms with E-state index < -0.39 is 0 Å². The Morgan fingerprint density at radius 3 is 2.17 bits per heavy atom. The molecule has 5 nitrogen and oxygen atoms in total. The summed E-state index contributed by atoms with van der Waals surface area (Å²) in [6, 6.07) is 14.6. The Morgan fingerprint density at radius 1 is 0.870 bits per heavy atom. The van der Waals surface area contributed by atoms with Gasteiger partial charge in [-0.2, -0.15) is 0 Å². The molecular formula is C18H15NO4. The quantitative estimate of drug-likeness (QED) is 0.797. The summed E-state index contributed by atoms with van der Waals surface area (Å²) in [6.45, 7) is 0.254. The monoisotopic (exact) mass is 309 g/mol. The molecule has 2 aromatic carbocycles. The van der Waals surface area contributed by atoms with E-state index in [2.05, 4.69) is 0 Å². The number of rotatable bonds is 5. The van der Waals surface area contributed by atoms with Gasteiger partial charge in [0.1, 0.15) is 17.2 Å². The van der Waals surface area contributed by atoms with Crippen LogP contribution in [-0.4, -0.2) is 23.8 Å². The zero-order valence-electron chi connectivity index (χ0n) is 12.6. The van der Waals surface area contributed by atoms with Crippen LogP contribution in [0.2, 0.25) is 0 Å². The number of methoxy groups -OCH3 is 1. The molecule has 0 aliphatic carbocycles. The van der Waals surface area contributed by atoms with Gasteiger partial charge < -0.3 is 9.47 Å². The summed E-state index contributed by atoms with van der Waals surface area (Å²) in [7, 11) is 1.60. The van der Waals surface area contributed by atoms with Crippen LogP contribution >= 0.6 is 0 Å². The zero-order valence-corrected chi connectivity index (χ0v) is 12.6. The summed E-state index contributed by atoms with van der Waals surface area (Å²) in [4.78, 5) is 24.3. The predicted octanol–water partition coefficient (Wildman–Crippen LogP) is 2.91. The molecule has 1 aliphatic rings. The van der Waals surface area contributed by atoms with Crippen molar-refractivity contribution in [2.75, 3.05) is 7.11 Å². The summed E-state index contributed by atoms with van der Waals surface area (Å²) in [5, 5.41) is 0. The van der Waals surface area contributed by atoms with Gasteiger partial charge in [0.05, 0.1) is 13.7 Å². The van der Waals surface area contributed by atoms with Crippen molar-refractivity contribution in [3.63, 3.8) is 0 Å². The average Bonchev–Trinajstić information content (AvgIpc) is 2.89. The van der Waals surface area contributed by atoms with Crippen LogP contribution in [0.5, 0.6) is 17.2 Å². The van der Waals surface area contributed by atoms with Crippen molar-refractivity contribution in [2.24, 2.45) is 0 Å². The van der Waals surface area contributed by atoms with E-state index in [1.54, 1.807) is 25.3 Å². The largest absolute Gasteiger partial charge is 0.497 e. The van der Waals surface area contributed by atoms with Crippen LogP contribution in [0, 0.1) is 0 Å². The molecule has 0 unspecified atom stereocenters. The lowest BCUT2D eigenvalue weighted by atomic mass is 10.2.